The Morgan fingerprint density at radius 3 is 2.52 bits per heavy atom. The molecule has 0 bridgehead atoms. The molecule has 0 spiro atoms. The molecule has 174 valence electrons. The third kappa shape index (κ3) is 4.76. The normalized spacial score (nSPS) is 16.5. The van der Waals surface area contributed by atoms with E-state index in [0.717, 1.165) is 27.0 Å². The number of carbonyl (C=O) groups is 1. The van der Waals surface area contributed by atoms with Gasteiger partial charge in [0.05, 0.1) is 5.69 Å². The molecule has 2 aromatic carbocycles. The number of fused-ring (bicyclic) bond motifs is 1. The lowest BCUT2D eigenvalue weighted by Crippen LogP contribution is -2.52. The molecule has 4 rings (SSSR count). The minimum absolute atomic E-state index is 0.271. The number of amides is 2. The number of aryl methyl sites for hydroxylation is 1. The van der Waals surface area contributed by atoms with Crippen LogP contribution in [0.25, 0.3) is 5.69 Å². The van der Waals surface area contributed by atoms with E-state index in [4.69, 9.17) is 0 Å². The van der Waals surface area contributed by atoms with Crippen LogP contribution in [0, 0.1) is 6.92 Å². The molecule has 0 N–H and O–H groups in total. The number of nitrogens with zero attached hydrogens (tertiary/aromatic N) is 3. The summed E-state index contributed by atoms with van der Waals surface area (Å²) in [4.78, 5) is 19.3. The molecule has 2 amide bonds. The largest absolute Gasteiger partial charge is 0.507 e. The Bertz CT molecular complexity index is 1290. The van der Waals surface area contributed by atoms with Gasteiger partial charge < -0.3 is 14.4 Å². The van der Waals surface area contributed by atoms with Crippen LogP contribution in [0.2, 0.25) is 0 Å². The first kappa shape index (κ1) is 23.3. The van der Waals surface area contributed by atoms with Gasteiger partial charge in [-0.15, -0.1) is 11.3 Å². The Hall–Kier alpha value is -2.86. The van der Waals surface area contributed by atoms with Crippen LogP contribution in [-0.2, 0) is 6.54 Å². The van der Waals surface area contributed by atoms with Crippen LogP contribution in [0.15, 0.2) is 58.1 Å². The first-order valence-corrected chi connectivity index (χ1v) is 11.1. The Kier molecular flexibility index (Phi) is 5.99. The highest BCUT2D eigenvalue weighted by Gasteiger charge is 2.65. The van der Waals surface area contributed by atoms with Crippen molar-refractivity contribution in [3.05, 3.63) is 68.4 Å². The molecule has 0 aliphatic carbocycles. The van der Waals surface area contributed by atoms with Gasteiger partial charge in [0.25, 0.3) is 0 Å². The topological polar surface area (TPSA) is 56.1 Å². The minimum atomic E-state index is -4.83. The van der Waals surface area contributed by atoms with E-state index in [2.05, 4.69) is 30.4 Å². The number of hydrogen-bond donors (Lipinski definition) is 0. The molecule has 3 aromatic rings. The second-order valence-corrected chi connectivity index (χ2v) is 9.37. The van der Waals surface area contributed by atoms with E-state index < -0.39 is 29.7 Å². The number of thiazole rings is 1. The quantitative estimate of drug-likeness (QED) is 0.395. The van der Waals surface area contributed by atoms with Crippen molar-refractivity contribution >= 4 is 33.3 Å². The van der Waals surface area contributed by atoms with E-state index in [9.17, 15) is 22.4 Å². The summed E-state index contributed by atoms with van der Waals surface area (Å²) < 4.78 is 64.6. The molecule has 0 saturated heterocycles. The fraction of sp³-hybridized carbons (Fsp3) is 0.238. The number of aromatic nitrogens is 1. The molecular formula is C21H16BrF4N3O3S. The van der Waals surface area contributed by atoms with Crippen LogP contribution in [0.5, 0.6) is 11.5 Å². The van der Waals surface area contributed by atoms with Crippen LogP contribution in [0.3, 0.4) is 0 Å². The molecule has 33 heavy (non-hydrogen) atoms. The lowest BCUT2D eigenvalue weighted by molar-refractivity contribution is -0.391. The summed E-state index contributed by atoms with van der Waals surface area (Å²) >= 11 is 4.59. The van der Waals surface area contributed by atoms with E-state index in [0.29, 0.717) is 6.54 Å². The molecule has 1 aromatic heterocycles. The van der Waals surface area contributed by atoms with E-state index in [1.807, 2.05) is 24.3 Å². The van der Waals surface area contributed by atoms with Gasteiger partial charge >= 0.3 is 18.2 Å². The number of ether oxygens (including phenoxy) is 2. The van der Waals surface area contributed by atoms with Crippen LogP contribution >= 0.6 is 27.3 Å². The van der Waals surface area contributed by atoms with E-state index in [-0.39, 0.29) is 10.5 Å². The molecule has 1 aliphatic heterocycles. The van der Waals surface area contributed by atoms with Crippen molar-refractivity contribution in [3.8, 4) is 17.2 Å². The fourth-order valence-corrected chi connectivity index (χ4v) is 4.34. The second-order valence-electron chi connectivity index (χ2n) is 7.24. The maximum absolute atomic E-state index is 13.6. The zero-order chi connectivity index (χ0) is 24.0. The minimum Gasteiger partial charge on any atom is -0.421 e. The van der Waals surface area contributed by atoms with Crippen LogP contribution in [0.1, 0.15) is 10.4 Å². The van der Waals surface area contributed by atoms with Crippen molar-refractivity contribution in [2.24, 2.45) is 4.99 Å². The maximum Gasteiger partial charge on any atom is 0.507 e. The average Bonchev–Trinajstić information content (AvgIpc) is 3.08. The highest BCUT2D eigenvalue weighted by atomic mass is 79.9. The molecule has 0 atom stereocenters. The zero-order valence-corrected chi connectivity index (χ0v) is 19.6. The van der Waals surface area contributed by atoms with E-state index in [1.54, 1.807) is 20.2 Å². The third-order valence-electron chi connectivity index (χ3n) is 4.62. The first-order chi connectivity index (χ1) is 15.4. The Labute approximate surface area is 197 Å². The highest BCUT2D eigenvalue weighted by molar-refractivity contribution is 9.10. The molecule has 0 saturated carbocycles. The molecular weight excluding hydrogens is 530 g/mol. The standard InChI is InChI=1S/C21H16BrF4N3O3S/c1-12-10-29(15-6-7-16-17(9-15)32-21(25,26)20(23,24)31-16)19(33-12)27-18(30)28(2)11-13-4-3-5-14(22)8-13/h3-10H,11H2,1-2H3/b27-19-. The summed E-state index contributed by atoms with van der Waals surface area (Å²) in [5, 5.41) is 0. The second kappa shape index (κ2) is 8.49. The summed E-state index contributed by atoms with van der Waals surface area (Å²) in [5.41, 5.74) is 1.18. The third-order valence-corrected chi connectivity index (χ3v) is 6.01. The summed E-state index contributed by atoms with van der Waals surface area (Å²) in [7, 11) is 1.60. The highest BCUT2D eigenvalue weighted by Crippen LogP contribution is 2.47. The number of carbonyl (C=O) groups excluding carboxylic acids is 1. The van der Waals surface area contributed by atoms with Crippen molar-refractivity contribution in [3.63, 3.8) is 0 Å². The SMILES string of the molecule is Cc1cn(-c2ccc3c(c2)OC(F)(F)C(F)(F)O3)/c(=N/C(=O)N(C)Cc2cccc(Br)c2)s1. The van der Waals surface area contributed by atoms with Crippen molar-refractivity contribution in [1.82, 2.24) is 9.47 Å². The molecule has 0 unspecified atom stereocenters. The van der Waals surface area contributed by atoms with Gasteiger partial charge in [0.2, 0.25) is 0 Å². The summed E-state index contributed by atoms with van der Waals surface area (Å²) in [5.74, 6) is -1.07. The predicted molar refractivity (Wildman–Crippen MR) is 116 cm³/mol. The van der Waals surface area contributed by atoms with Crippen LogP contribution in [0.4, 0.5) is 22.4 Å². The van der Waals surface area contributed by atoms with Gasteiger partial charge in [0, 0.05) is 35.2 Å². The van der Waals surface area contributed by atoms with Gasteiger partial charge in [-0.05, 0) is 36.8 Å². The number of halogens is 5. The lowest BCUT2D eigenvalue weighted by atomic mass is 10.2. The summed E-state index contributed by atoms with van der Waals surface area (Å²) in [6.45, 7) is 2.10. The van der Waals surface area contributed by atoms with Crippen molar-refractivity contribution in [2.75, 3.05) is 7.05 Å². The molecule has 6 nitrogen and oxygen atoms in total. The van der Waals surface area contributed by atoms with Crippen molar-refractivity contribution < 1.29 is 31.8 Å². The summed E-state index contributed by atoms with van der Waals surface area (Å²) in [6.07, 6.45) is -7.98. The molecule has 0 radical (unpaired) electrons. The van der Waals surface area contributed by atoms with E-state index in [1.165, 1.54) is 26.9 Å². The molecule has 1 aliphatic rings. The van der Waals surface area contributed by atoms with Crippen LogP contribution in [-0.4, -0.2) is 34.8 Å². The van der Waals surface area contributed by atoms with Gasteiger partial charge in [0.15, 0.2) is 16.3 Å². The number of rotatable bonds is 3. The first-order valence-electron chi connectivity index (χ1n) is 9.47. The average molecular weight is 546 g/mol. The maximum atomic E-state index is 13.6. The zero-order valence-electron chi connectivity index (χ0n) is 17.2. The number of hydrogen-bond acceptors (Lipinski definition) is 4. The lowest BCUT2D eigenvalue weighted by Gasteiger charge is -2.31. The van der Waals surface area contributed by atoms with Gasteiger partial charge in [-0.1, -0.05) is 28.1 Å². The van der Waals surface area contributed by atoms with Gasteiger partial charge in [0.1, 0.15) is 0 Å². The van der Waals surface area contributed by atoms with E-state index >= 15 is 0 Å². The molecule has 2 heterocycles. The van der Waals surface area contributed by atoms with Crippen molar-refractivity contribution in [2.45, 2.75) is 25.7 Å². The van der Waals surface area contributed by atoms with Crippen LogP contribution < -0.4 is 14.3 Å². The predicted octanol–water partition coefficient (Wildman–Crippen LogP) is 5.72. The molecule has 0 fully saturated rings. The molecule has 12 heteroatoms. The number of benzene rings is 2. The summed E-state index contributed by atoms with van der Waals surface area (Å²) in [6, 6.07) is 10.6. The number of urea groups is 1. The Balaban J connectivity index is 1.64. The van der Waals surface area contributed by atoms with Gasteiger partial charge in [-0.3, -0.25) is 4.57 Å². The van der Waals surface area contributed by atoms with Crippen molar-refractivity contribution in [1.29, 1.82) is 0 Å². The smallest absolute Gasteiger partial charge is 0.421 e. The Morgan fingerprint density at radius 2 is 1.82 bits per heavy atom. The fourth-order valence-electron chi connectivity index (χ4n) is 3.07. The van der Waals surface area contributed by atoms with Gasteiger partial charge in [-0.2, -0.15) is 22.6 Å². The monoisotopic (exact) mass is 545 g/mol. The number of alkyl halides is 4. The van der Waals surface area contributed by atoms with Gasteiger partial charge in [-0.25, -0.2) is 4.79 Å². The Morgan fingerprint density at radius 1 is 1.12 bits per heavy atom.